The van der Waals surface area contributed by atoms with E-state index in [4.69, 9.17) is 4.74 Å². The van der Waals surface area contributed by atoms with Gasteiger partial charge in [0.05, 0.1) is 19.8 Å². The number of morpholine rings is 1. The second-order valence-electron chi connectivity index (χ2n) is 5.49. The van der Waals surface area contributed by atoms with Gasteiger partial charge in [-0.25, -0.2) is 0 Å². The number of nitrogens with zero attached hydrogens (tertiary/aromatic N) is 2. The maximum Gasteiger partial charge on any atom is 0.251 e. The molecule has 0 atom stereocenters. The summed E-state index contributed by atoms with van der Waals surface area (Å²) in [4.78, 5) is 30.2. The number of pyridine rings is 1. The van der Waals surface area contributed by atoms with Gasteiger partial charge in [-0.15, -0.1) is 0 Å². The molecule has 0 saturated carbocycles. The van der Waals surface area contributed by atoms with E-state index in [1.165, 1.54) is 0 Å². The highest BCUT2D eigenvalue weighted by atomic mass is 16.5. The third kappa shape index (κ3) is 3.97. The van der Waals surface area contributed by atoms with Crippen molar-refractivity contribution in [2.45, 2.75) is 0 Å². The van der Waals surface area contributed by atoms with Gasteiger partial charge in [0.15, 0.2) is 5.78 Å². The van der Waals surface area contributed by atoms with E-state index in [1.54, 1.807) is 36.7 Å². The second kappa shape index (κ2) is 7.70. The van der Waals surface area contributed by atoms with E-state index in [2.05, 4.69) is 15.2 Å². The van der Waals surface area contributed by atoms with Crippen LogP contribution in [0.5, 0.6) is 0 Å². The van der Waals surface area contributed by atoms with Gasteiger partial charge in [0.1, 0.15) is 0 Å². The molecule has 24 heavy (non-hydrogen) atoms. The van der Waals surface area contributed by atoms with Crippen LogP contribution in [0.3, 0.4) is 0 Å². The summed E-state index contributed by atoms with van der Waals surface area (Å²) in [6.45, 7) is 3.13. The normalized spacial score (nSPS) is 14.2. The maximum atomic E-state index is 12.2. The number of hydrogen-bond donors (Lipinski definition) is 1. The Kier molecular flexibility index (Phi) is 5.18. The molecule has 6 nitrogen and oxygen atoms in total. The van der Waals surface area contributed by atoms with Crippen molar-refractivity contribution in [2.75, 3.05) is 37.7 Å². The Morgan fingerprint density at radius 1 is 1.00 bits per heavy atom. The summed E-state index contributed by atoms with van der Waals surface area (Å²) >= 11 is 0. The number of hydrogen-bond acceptors (Lipinski definition) is 5. The summed E-state index contributed by atoms with van der Waals surface area (Å²) < 4.78 is 5.33. The Balaban J connectivity index is 1.56. The zero-order valence-electron chi connectivity index (χ0n) is 13.3. The fourth-order valence-electron chi connectivity index (χ4n) is 2.55. The van der Waals surface area contributed by atoms with Crippen molar-refractivity contribution in [3.63, 3.8) is 0 Å². The average Bonchev–Trinajstić information content (AvgIpc) is 2.67. The van der Waals surface area contributed by atoms with Crippen molar-refractivity contribution in [1.29, 1.82) is 0 Å². The Morgan fingerprint density at radius 3 is 2.33 bits per heavy atom. The first-order chi connectivity index (χ1) is 11.7. The molecule has 0 bridgehead atoms. The minimum Gasteiger partial charge on any atom is -0.378 e. The van der Waals surface area contributed by atoms with E-state index in [9.17, 15) is 9.59 Å². The van der Waals surface area contributed by atoms with Gasteiger partial charge in [-0.1, -0.05) is 0 Å². The van der Waals surface area contributed by atoms with E-state index in [0.717, 1.165) is 32.0 Å². The smallest absolute Gasteiger partial charge is 0.251 e. The number of Topliss-reactive ketones (excluding diaryl/α,β-unsaturated/α-hetero) is 1. The minimum absolute atomic E-state index is 0.0297. The van der Waals surface area contributed by atoms with Crippen molar-refractivity contribution >= 4 is 17.4 Å². The molecule has 3 rings (SSSR count). The molecule has 6 heteroatoms. The predicted octanol–water partition coefficient (Wildman–Crippen LogP) is 1.53. The molecule has 0 radical (unpaired) electrons. The van der Waals surface area contributed by atoms with Crippen LogP contribution in [0.4, 0.5) is 5.69 Å². The van der Waals surface area contributed by atoms with Crippen LogP contribution in [-0.2, 0) is 4.74 Å². The van der Waals surface area contributed by atoms with Crippen molar-refractivity contribution < 1.29 is 14.3 Å². The van der Waals surface area contributed by atoms with Crippen LogP contribution in [0.2, 0.25) is 0 Å². The van der Waals surface area contributed by atoms with E-state index < -0.39 is 0 Å². The Labute approximate surface area is 140 Å². The minimum atomic E-state index is -0.282. The van der Waals surface area contributed by atoms with Crippen LogP contribution in [0, 0.1) is 0 Å². The molecule has 2 aromatic rings. The standard InChI is InChI=1S/C18H19N3O3/c22-17(13-20-18(23)15-5-7-19-8-6-15)14-1-3-16(4-2-14)21-9-11-24-12-10-21/h1-8H,9-13H2,(H,20,23). The monoisotopic (exact) mass is 325 g/mol. The lowest BCUT2D eigenvalue weighted by Crippen LogP contribution is -2.36. The summed E-state index contributed by atoms with van der Waals surface area (Å²) in [7, 11) is 0. The highest BCUT2D eigenvalue weighted by Gasteiger charge is 2.13. The summed E-state index contributed by atoms with van der Waals surface area (Å²) in [6.07, 6.45) is 3.09. The Morgan fingerprint density at radius 2 is 1.67 bits per heavy atom. The van der Waals surface area contributed by atoms with Crippen LogP contribution >= 0.6 is 0 Å². The number of carbonyl (C=O) groups is 2. The van der Waals surface area contributed by atoms with Crippen molar-refractivity contribution in [3.05, 3.63) is 59.9 Å². The number of carbonyl (C=O) groups excluding carboxylic acids is 2. The Hall–Kier alpha value is -2.73. The maximum absolute atomic E-state index is 12.2. The molecule has 1 saturated heterocycles. The number of ether oxygens (including phenoxy) is 1. The molecular weight excluding hydrogens is 306 g/mol. The Bertz CT molecular complexity index is 695. The second-order valence-corrected chi connectivity index (χ2v) is 5.49. The summed E-state index contributed by atoms with van der Waals surface area (Å²) in [5.74, 6) is -0.401. The van der Waals surface area contributed by atoms with Crippen molar-refractivity contribution in [3.8, 4) is 0 Å². The molecule has 1 aliphatic heterocycles. The fraction of sp³-hybridized carbons (Fsp3) is 0.278. The SMILES string of the molecule is O=C(CNC(=O)c1ccncc1)c1ccc(N2CCOCC2)cc1. The zero-order chi connectivity index (χ0) is 16.8. The highest BCUT2D eigenvalue weighted by Crippen LogP contribution is 2.16. The van der Waals surface area contributed by atoms with Gasteiger partial charge in [-0.05, 0) is 36.4 Å². The van der Waals surface area contributed by atoms with Crippen LogP contribution in [0.1, 0.15) is 20.7 Å². The molecule has 2 heterocycles. The molecule has 1 fully saturated rings. The first-order valence-corrected chi connectivity index (χ1v) is 7.88. The van der Waals surface area contributed by atoms with Crippen molar-refractivity contribution in [1.82, 2.24) is 10.3 Å². The fourth-order valence-corrected chi connectivity index (χ4v) is 2.55. The third-order valence-corrected chi connectivity index (χ3v) is 3.92. The van der Waals surface area contributed by atoms with Gasteiger partial charge >= 0.3 is 0 Å². The highest BCUT2D eigenvalue weighted by molar-refractivity contribution is 6.02. The van der Waals surface area contributed by atoms with Gasteiger partial charge < -0.3 is 15.0 Å². The lowest BCUT2D eigenvalue weighted by Gasteiger charge is -2.28. The quantitative estimate of drug-likeness (QED) is 0.844. The molecule has 1 aromatic heterocycles. The van der Waals surface area contributed by atoms with E-state index >= 15 is 0 Å². The lowest BCUT2D eigenvalue weighted by molar-refractivity contribution is 0.0904. The first kappa shape index (κ1) is 16.1. The number of aromatic nitrogens is 1. The lowest BCUT2D eigenvalue weighted by atomic mass is 10.1. The molecule has 1 amide bonds. The van der Waals surface area contributed by atoms with Gasteiger partial charge in [-0.3, -0.25) is 14.6 Å². The third-order valence-electron chi connectivity index (χ3n) is 3.92. The number of ketones is 1. The molecule has 0 spiro atoms. The van der Waals surface area contributed by atoms with E-state index in [-0.39, 0.29) is 18.2 Å². The molecule has 124 valence electrons. The summed E-state index contributed by atoms with van der Waals surface area (Å²) in [6, 6.07) is 10.7. The topological polar surface area (TPSA) is 71.5 Å². The van der Waals surface area contributed by atoms with Gasteiger partial charge in [0.25, 0.3) is 5.91 Å². The number of amides is 1. The average molecular weight is 325 g/mol. The van der Waals surface area contributed by atoms with Gasteiger partial charge in [-0.2, -0.15) is 0 Å². The molecular formula is C18H19N3O3. The van der Waals surface area contributed by atoms with Crippen LogP contribution in [0.25, 0.3) is 0 Å². The van der Waals surface area contributed by atoms with Crippen LogP contribution in [-0.4, -0.2) is 49.5 Å². The first-order valence-electron chi connectivity index (χ1n) is 7.88. The molecule has 1 N–H and O–H groups in total. The number of rotatable bonds is 5. The number of benzene rings is 1. The van der Waals surface area contributed by atoms with Gasteiger partial charge in [0.2, 0.25) is 0 Å². The number of anilines is 1. The molecule has 1 aromatic carbocycles. The van der Waals surface area contributed by atoms with Crippen LogP contribution < -0.4 is 10.2 Å². The number of nitrogens with one attached hydrogen (secondary N) is 1. The molecule has 0 unspecified atom stereocenters. The molecule has 0 aliphatic carbocycles. The van der Waals surface area contributed by atoms with Crippen molar-refractivity contribution in [2.24, 2.45) is 0 Å². The van der Waals surface area contributed by atoms with E-state index in [0.29, 0.717) is 11.1 Å². The summed E-state index contributed by atoms with van der Waals surface area (Å²) in [5, 5.41) is 2.63. The molecule has 1 aliphatic rings. The largest absolute Gasteiger partial charge is 0.378 e. The summed E-state index contributed by atoms with van der Waals surface area (Å²) in [5.41, 5.74) is 2.15. The zero-order valence-corrected chi connectivity index (χ0v) is 13.3. The predicted molar refractivity (Wildman–Crippen MR) is 90.4 cm³/mol. The van der Waals surface area contributed by atoms with E-state index in [1.807, 2.05) is 12.1 Å². The van der Waals surface area contributed by atoms with Gasteiger partial charge in [0, 0.05) is 42.3 Å². The van der Waals surface area contributed by atoms with Crippen LogP contribution in [0.15, 0.2) is 48.8 Å².